The standard InChI is InChI=1S/C28H35N3O3S/c1-20-10-5-6-14-23(20)28(34)30-25-16-8-7-15-24(25)29-27(33)21-11-9-17-31(18-21)26(32)19-35-22-12-3-2-4-13-22/h2-6,10,12-14,21,24-25H,7-9,11,15-19H2,1H3,(H,29,33)(H,30,34)/t21?,24?,25-/m1/s1. The average Bonchev–Trinajstić information content (AvgIpc) is 2.89. The molecule has 2 aromatic carbocycles. The Morgan fingerprint density at radius 2 is 1.57 bits per heavy atom. The molecule has 2 aliphatic rings. The molecule has 1 saturated carbocycles. The number of aryl methyl sites for hydroxylation is 1. The van der Waals surface area contributed by atoms with Gasteiger partial charge in [0, 0.05) is 35.6 Å². The van der Waals surface area contributed by atoms with Crippen molar-refractivity contribution in [2.24, 2.45) is 5.92 Å². The van der Waals surface area contributed by atoms with Crippen LogP contribution in [0.1, 0.15) is 54.4 Å². The van der Waals surface area contributed by atoms with E-state index >= 15 is 0 Å². The average molecular weight is 494 g/mol. The molecule has 3 amide bonds. The number of hydrogen-bond acceptors (Lipinski definition) is 4. The molecule has 0 bridgehead atoms. The van der Waals surface area contributed by atoms with Gasteiger partial charge in [0.15, 0.2) is 0 Å². The molecule has 2 N–H and O–H groups in total. The normalized spacial score (nSPS) is 22.3. The van der Waals surface area contributed by atoms with E-state index in [-0.39, 0.29) is 35.7 Å². The van der Waals surface area contributed by atoms with Crippen LogP contribution in [0.5, 0.6) is 0 Å². The third kappa shape index (κ3) is 6.88. The van der Waals surface area contributed by atoms with Gasteiger partial charge < -0.3 is 15.5 Å². The quantitative estimate of drug-likeness (QED) is 0.567. The third-order valence-electron chi connectivity index (χ3n) is 7.05. The molecule has 1 heterocycles. The number of piperidine rings is 1. The number of hydrogen-bond donors (Lipinski definition) is 2. The number of thioether (sulfide) groups is 1. The molecule has 0 aromatic heterocycles. The Morgan fingerprint density at radius 3 is 2.31 bits per heavy atom. The van der Waals surface area contributed by atoms with Crippen LogP contribution in [-0.4, -0.2) is 53.5 Å². The minimum Gasteiger partial charge on any atom is -0.351 e. The van der Waals surface area contributed by atoms with E-state index in [1.54, 1.807) is 0 Å². The van der Waals surface area contributed by atoms with Gasteiger partial charge in [-0.05, 0) is 56.4 Å². The molecule has 2 unspecified atom stereocenters. The first-order chi connectivity index (χ1) is 17.0. The van der Waals surface area contributed by atoms with Crippen molar-refractivity contribution in [1.29, 1.82) is 0 Å². The van der Waals surface area contributed by atoms with Crippen molar-refractivity contribution in [2.45, 2.75) is 62.4 Å². The van der Waals surface area contributed by atoms with Gasteiger partial charge in [0.25, 0.3) is 5.91 Å². The first kappa shape index (κ1) is 25.3. The lowest BCUT2D eigenvalue weighted by Crippen LogP contribution is -2.55. The summed E-state index contributed by atoms with van der Waals surface area (Å²) in [4.78, 5) is 41.8. The number of nitrogens with one attached hydrogen (secondary N) is 2. The first-order valence-corrected chi connectivity index (χ1v) is 13.6. The number of carbonyl (C=O) groups excluding carboxylic acids is 3. The van der Waals surface area contributed by atoms with Crippen LogP contribution in [-0.2, 0) is 9.59 Å². The second kappa shape index (κ2) is 12.2. The lowest BCUT2D eigenvalue weighted by molar-refractivity contribution is -0.134. The van der Waals surface area contributed by atoms with E-state index in [1.807, 2.05) is 66.4 Å². The first-order valence-electron chi connectivity index (χ1n) is 12.6. The molecule has 2 aromatic rings. The highest BCUT2D eigenvalue weighted by Crippen LogP contribution is 2.23. The summed E-state index contributed by atoms with van der Waals surface area (Å²) < 4.78 is 0. The fourth-order valence-corrected chi connectivity index (χ4v) is 5.84. The van der Waals surface area contributed by atoms with Crippen LogP contribution in [0.15, 0.2) is 59.5 Å². The number of likely N-dealkylation sites (tertiary alicyclic amines) is 1. The zero-order chi connectivity index (χ0) is 24.6. The van der Waals surface area contributed by atoms with Gasteiger partial charge in [0.05, 0.1) is 11.7 Å². The zero-order valence-corrected chi connectivity index (χ0v) is 21.2. The van der Waals surface area contributed by atoms with E-state index in [1.165, 1.54) is 11.8 Å². The Hall–Kier alpha value is -2.80. The Morgan fingerprint density at radius 1 is 0.886 bits per heavy atom. The molecule has 2 fully saturated rings. The molecule has 0 spiro atoms. The summed E-state index contributed by atoms with van der Waals surface area (Å²) in [5.74, 6) is 0.176. The van der Waals surface area contributed by atoms with Gasteiger partial charge in [0.1, 0.15) is 0 Å². The van der Waals surface area contributed by atoms with Crippen molar-refractivity contribution >= 4 is 29.5 Å². The van der Waals surface area contributed by atoms with Gasteiger partial charge in [-0.1, -0.05) is 49.2 Å². The van der Waals surface area contributed by atoms with Crippen molar-refractivity contribution in [3.63, 3.8) is 0 Å². The van der Waals surface area contributed by atoms with Gasteiger partial charge in [-0.25, -0.2) is 0 Å². The Balaban J connectivity index is 1.31. The van der Waals surface area contributed by atoms with Crippen LogP contribution >= 0.6 is 11.8 Å². The fourth-order valence-electron chi connectivity index (χ4n) is 5.02. The molecule has 1 aliphatic carbocycles. The maximum Gasteiger partial charge on any atom is 0.251 e. The highest BCUT2D eigenvalue weighted by Gasteiger charge is 2.33. The monoisotopic (exact) mass is 493 g/mol. The highest BCUT2D eigenvalue weighted by molar-refractivity contribution is 8.00. The van der Waals surface area contributed by atoms with E-state index in [2.05, 4.69) is 10.6 Å². The number of nitrogens with zero attached hydrogens (tertiary/aromatic N) is 1. The van der Waals surface area contributed by atoms with Gasteiger partial charge in [-0.15, -0.1) is 11.8 Å². The molecular weight excluding hydrogens is 458 g/mol. The zero-order valence-electron chi connectivity index (χ0n) is 20.4. The van der Waals surface area contributed by atoms with E-state index in [4.69, 9.17) is 0 Å². The molecule has 7 heteroatoms. The second-order valence-electron chi connectivity index (χ2n) is 9.58. The summed E-state index contributed by atoms with van der Waals surface area (Å²) >= 11 is 1.53. The summed E-state index contributed by atoms with van der Waals surface area (Å²) in [5.41, 5.74) is 1.62. The highest BCUT2D eigenvalue weighted by atomic mass is 32.2. The molecular formula is C28H35N3O3S. The largest absolute Gasteiger partial charge is 0.351 e. The van der Waals surface area contributed by atoms with E-state index < -0.39 is 0 Å². The van der Waals surface area contributed by atoms with Gasteiger partial charge >= 0.3 is 0 Å². The number of rotatable bonds is 7. The van der Waals surface area contributed by atoms with E-state index in [0.717, 1.165) is 49.0 Å². The van der Waals surface area contributed by atoms with Crippen LogP contribution in [0, 0.1) is 12.8 Å². The summed E-state index contributed by atoms with van der Waals surface area (Å²) in [7, 11) is 0. The predicted molar refractivity (Wildman–Crippen MR) is 139 cm³/mol. The van der Waals surface area contributed by atoms with E-state index in [0.29, 0.717) is 24.4 Å². The van der Waals surface area contributed by atoms with Crippen LogP contribution in [0.25, 0.3) is 0 Å². The molecule has 4 rings (SSSR count). The maximum absolute atomic E-state index is 13.2. The van der Waals surface area contributed by atoms with Crippen LogP contribution in [0.4, 0.5) is 0 Å². The smallest absolute Gasteiger partial charge is 0.251 e. The van der Waals surface area contributed by atoms with Gasteiger partial charge in [-0.3, -0.25) is 14.4 Å². The maximum atomic E-state index is 13.2. The lowest BCUT2D eigenvalue weighted by atomic mass is 9.88. The van der Waals surface area contributed by atoms with Crippen molar-refractivity contribution in [1.82, 2.24) is 15.5 Å². The third-order valence-corrected chi connectivity index (χ3v) is 8.05. The molecule has 1 saturated heterocycles. The Labute approximate surface area is 212 Å². The minimum absolute atomic E-state index is 0.000234. The molecule has 0 radical (unpaired) electrons. The number of benzene rings is 2. The van der Waals surface area contributed by atoms with Crippen molar-refractivity contribution in [2.75, 3.05) is 18.8 Å². The van der Waals surface area contributed by atoms with Crippen molar-refractivity contribution < 1.29 is 14.4 Å². The Bertz CT molecular complexity index is 1030. The van der Waals surface area contributed by atoms with Crippen LogP contribution in [0.2, 0.25) is 0 Å². The molecule has 186 valence electrons. The Kier molecular flexibility index (Phi) is 8.85. The lowest BCUT2D eigenvalue weighted by Gasteiger charge is -2.36. The summed E-state index contributed by atoms with van der Waals surface area (Å²) in [6.07, 6.45) is 5.40. The minimum atomic E-state index is -0.205. The SMILES string of the molecule is Cc1ccccc1C(=O)N[C@@H]1CCCCC1NC(=O)C1CCCN(C(=O)CSc2ccccc2)C1. The topological polar surface area (TPSA) is 78.5 Å². The van der Waals surface area contributed by atoms with Crippen LogP contribution in [0.3, 0.4) is 0 Å². The fraction of sp³-hybridized carbons (Fsp3) is 0.464. The van der Waals surface area contributed by atoms with Crippen molar-refractivity contribution in [3.8, 4) is 0 Å². The molecule has 35 heavy (non-hydrogen) atoms. The van der Waals surface area contributed by atoms with Gasteiger partial charge in [0.2, 0.25) is 11.8 Å². The summed E-state index contributed by atoms with van der Waals surface area (Å²) in [6, 6.07) is 17.3. The molecule has 1 aliphatic heterocycles. The summed E-state index contributed by atoms with van der Waals surface area (Å²) in [6.45, 7) is 3.10. The molecule has 3 atom stereocenters. The van der Waals surface area contributed by atoms with Crippen molar-refractivity contribution in [3.05, 3.63) is 65.7 Å². The van der Waals surface area contributed by atoms with Crippen LogP contribution < -0.4 is 10.6 Å². The summed E-state index contributed by atoms with van der Waals surface area (Å²) in [5, 5.41) is 6.40. The van der Waals surface area contributed by atoms with Gasteiger partial charge in [-0.2, -0.15) is 0 Å². The second-order valence-corrected chi connectivity index (χ2v) is 10.6. The number of amides is 3. The predicted octanol–water partition coefficient (Wildman–Crippen LogP) is 4.18. The number of carbonyl (C=O) groups is 3. The van der Waals surface area contributed by atoms with E-state index in [9.17, 15) is 14.4 Å². The molecule has 6 nitrogen and oxygen atoms in total.